The second kappa shape index (κ2) is 6.07. The minimum Gasteiger partial charge on any atom is -0.296 e. The van der Waals surface area contributed by atoms with E-state index >= 15 is 0 Å². The molecule has 1 saturated carbocycles. The van der Waals surface area contributed by atoms with Gasteiger partial charge in [-0.2, -0.15) is 8.78 Å². The van der Waals surface area contributed by atoms with Crippen LogP contribution in [0.5, 0.6) is 0 Å². The van der Waals surface area contributed by atoms with E-state index in [1.54, 1.807) is 0 Å². The van der Waals surface area contributed by atoms with Crippen molar-refractivity contribution in [2.75, 3.05) is 5.32 Å². The molecule has 0 saturated heterocycles. The van der Waals surface area contributed by atoms with Crippen molar-refractivity contribution in [2.45, 2.75) is 29.4 Å². The van der Waals surface area contributed by atoms with Gasteiger partial charge in [0.05, 0.1) is 0 Å². The van der Waals surface area contributed by atoms with E-state index < -0.39 is 5.76 Å². The van der Waals surface area contributed by atoms with Gasteiger partial charge in [-0.1, -0.05) is 23.1 Å². The van der Waals surface area contributed by atoms with Crippen LogP contribution in [-0.2, 0) is 0 Å². The van der Waals surface area contributed by atoms with Gasteiger partial charge in [0.15, 0.2) is 0 Å². The number of anilines is 1. The molecule has 3 rings (SSSR count). The third-order valence-corrected chi connectivity index (χ3v) is 4.65. The van der Waals surface area contributed by atoms with Crippen molar-refractivity contribution in [1.29, 1.82) is 0 Å². The van der Waals surface area contributed by atoms with Crippen LogP contribution in [0.2, 0.25) is 0 Å². The van der Waals surface area contributed by atoms with E-state index in [0.29, 0.717) is 33.3 Å². The van der Waals surface area contributed by atoms with Crippen LogP contribution in [0.3, 0.4) is 0 Å². The van der Waals surface area contributed by atoms with Gasteiger partial charge in [0.1, 0.15) is 5.01 Å². The molecule has 2 aromatic rings. The summed E-state index contributed by atoms with van der Waals surface area (Å²) in [5.74, 6) is -2.28. The third-order valence-electron chi connectivity index (χ3n) is 2.93. The standard InChI is InChI=1S/C13H11F2N3OS2/c14-12(15)20-9-5-3-7(4-6-9)10(19)16-13-18-17-11(21-13)8-1-2-8/h3-6,8,12H,1-2H2,(H,16,18,19). The highest BCUT2D eigenvalue weighted by molar-refractivity contribution is 7.99. The molecule has 0 radical (unpaired) electrons. The highest BCUT2D eigenvalue weighted by Crippen LogP contribution is 2.42. The first kappa shape index (κ1) is 14.4. The van der Waals surface area contributed by atoms with Crippen molar-refractivity contribution >= 4 is 34.1 Å². The Morgan fingerprint density at radius 3 is 2.62 bits per heavy atom. The number of hydrogen-bond donors (Lipinski definition) is 1. The quantitative estimate of drug-likeness (QED) is 0.844. The number of halogens is 2. The van der Waals surface area contributed by atoms with Crippen LogP contribution >= 0.6 is 23.1 Å². The highest BCUT2D eigenvalue weighted by atomic mass is 32.2. The number of alkyl halides is 2. The summed E-state index contributed by atoms with van der Waals surface area (Å²) in [6, 6.07) is 6.04. The zero-order chi connectivity index (χ0) is 14.8. The SMILES string of the molecule is O=C(Nc1nnc(C2CC2)s1)c1ccc(SC(F)F)cc1. The highest BCUT2D eigenvalue weighted by Gasteiger charge is 2.27. The molecule has 0 atom stereocenters. The van der Waals surface area contributed by atoms with Gasteiger partial charge in [-0.3, -0.25) is 10.1 Å². The van der Waals surface area contributed by atoms with Crippen molar-refractivity contribution < 1.29 is 13.6 Å². The minimum atomic E-state index is -2.47. The lowest BCUT2D eigenvalue weighted by molar-refractivity contribution is 0.102. The fourth-order valence-electron chi connectivity index (χ4n) is 1.74. The smallest absolute Gasteiger partial charge is 0.288 e. The fraction of sp³-hybridized carbons (Fsp3) is 0.308. The lowest BCUT2D eigenvalue weighted by Crippen LogP contribution is -2.11. The number of nitrogens with one attached hydrogen (secondary N) is 1. The Kier molecular flexibility index (Phi) is 4.16. The number of rotatable bonds is 5. The van der Waals surface area contributed by atoms with E-state index in [1.165, 1.54) is 35.6 Å². The number of hydrogen-bond acceptors (Lipinski definition) is 5. The Morgan fingerprint density at radius 2 is 2.00 bits per heavy atom. The number of carbonyl (C=O) groups excluding carboxylic acids is 1. The van der Waals surface area contributed by atoms with Crippen LogP contribution < -0.4 is 5.32 Å². The van der Waals surface area contributed by atoms with Gasteiger partial charge in [0.2, 0.25) is 5.13 Å². The maximum atomic E-state index is 12.2. The van der Waals surface area contributed by atoms with Crippen molar-refractivity contribution in [2.24, 2.45) is 0 Å². The van der Waals surface area contributed by atoms with E-state index in [1.807, 2.05) is 0 Å². The fourth-order valence-corrected chi connectivity index (χ4v) is 3.14. The van der Waals surface area contributed by atoms with Crippen LogP contribution in [0.15, 0.2) is 29.2 Å². The van der Waals surface area contributed by atoms with Crippen LogP contribution in [0.4, 0.5) is 13.9 Å². The maximum absolute atomic E-state index is 12.2. The molecule has 1 aliphatic carbocycles. The number of amides is 1. The lowest BCUT2D eigenvalue weighted by Gasteiger charge is -2.03. The summed E-state index contributed by atoms with van der Waals surface area (Å²) < 4.78 is 24.4. The van der Waals surface area contributed by atoms with Gasteiger partial charge < -0.3 is 0 Å². The molecule has 0 bridgehead atoms. The molecule has 1 aromatic carbocycles. The number of benzene rings is 1. The van der Waals surface area contributed by atoms with E-state index in [-0.39, 0.29) is 5.91 Å². The van der Waals surface area contributed by atoms with E-state index in [0.717, 1.165) is 17.8 Å². The summed E-state index contributed by atoms with van der Waals surface area (Å²) in [4.78, 5) is 12.4. The summed E-state index contributed by atoms with van der Waals surface area (Å²) in [6.07, 6.45) is 2.26. The minimum absolute atomic E-state index is 0.318. The number of nitrogens with zero attached hydrogens (tertiary/aromatic N) is 2. The molecule has 1 aromatic heterocycles. The number of thioether (sulfide) groups is 1. The van der Waals surface area contributed by atoms with E-state index in [4.69, 9.17) is 0 Å². The van der Waals surface area contributed by atoms with Gasteiger partial charge in [0, 0.05) is 16.4 Å². The molecule has 21 heavy (non-hydrogen) atoms. The lowest BCUT2D eigenvalue weighted by atomic mass is 10.2. The van der Waals surface area contributed by atoms with Crippen LogP contribution in [0.1, 0.15) is 34.1 Å². The Hall–Kier alpha value is -1.54. The largest absolute Gasteiger partial charge is 0.296 e. The van der Waals surface area contributed by atoms with Crippen molar-refractivity contribution in [3.63, 3.8) is 0 Å². The van der Waals surface area contributed by atoms with Crippen LogP contribution in [0.25, 0.3) is 0 Å². The first-order valence-corrected chi connectivity index (χ1v) is 8.01. The van der Waals surface area contributed by atoms with Crippen molar-refractivity contribution in [1.82, 2.24) is 10.2 Å². The first-order chi connectivity index (χ1) is 10.1. The zero-order valence-electron chi connectivity index (χ0n) is 10.8. The summed E-state index contributed by atoms with van der Waals surface area (Å²) in [6.45, 7) is 0. The topological polar surface area (TPSA) is 54.9 Å². The Balaban J connectivity index is 1.63. The first-order valence-electron chi connectivity index (χ1n) is 6.31. The molecule has 8 heteroatoms. The monoisotopic (exact) mass is 327 g/mol. The molecule has 4 nitrogen and oxygen atoms in total. The van der Waals surface area contributed by atoms with Crippen LogP contribution in [-0.4, -0.2) is 21.9 Å². The zero-order valence-corrected chi connectivity index (χ0v) is 12.4. The molecule has 1 heterocycles. The van der Waals surface area contributed by atoms with E-state index in [9.17, 15) is 13.6 Å². The second-order valence-electron chi connectivity index (χ2n) is 4.58. The molecule has 1 fully saturated rings. The predicted octanol–water partition coefficient (Wildman–Crippen LogP) is 3.98. The predicted molar refractivity (Wildman–Crippen MR) is 78.1 cm³/mol. The summed E-state index contributed by atoms with van der Waals surface area (Å²) in [5, 5.41) is 12.1. The average Bonchev–Trinajstić information content (AvgIpc) is 3.20. The van der Waals surface area contributed by atoms with Crippen LogP contribution in [0, 0.1) is 0 Å². The molecule has 1 N–H and O–H groups in total. The molecule has 0 aliphatic heterocycles. The summed E-state index contributed by atoms with van der Waals surface area (Å²) in [5.41, 5.74) is 0.400. The molecule has 110 valence electrons. The molecule has 0 spiro atoms. The van der Waals surface area contributed by atoms with Gasteiger partial charge >= 0.3 is 0 Å². The van der Waals surface area contributed by atoms with E-state index in [2.05, 4.69) is 15.5 Å². The molecular formula is C13H11F2N3OS2. The van der Waals surface area contributed by atoms with Gasteiger partial charge in [0.25, 0.3) is 11.7 Å². The Labute approximate surface area is 128 Å². The second-order valence-corrected chi connectivity index (χ2v) is 6.65. The summed E-state index contributed by atoms with van der Waals surface area (Å²) >= 11 is 1.83. The number of carbonyl (C=O) groups is 1. The van der Waals surface area contributed by atoms with Crippen molar-refractivity contribution in [3.05, 3.63) is 34.8 Å². The Morgan fingerprint density at radius 1 is 1.29 bits per heavy atom. The van der Waals surface area contributed by atoms with Gasteiger partial charge in [-0.25, -0.2) is 0 Å². The normalized spacial score (nSPS) is 14.4. The molecule has 1 amide bonds. The van der Waals surface area contributed by atoms with Gasteiger partial charge in [-0.05, 0) is 37.1 Å². The molecule has 0 unspecified atom stereocenters. The third kappa shape index (κ3) is 3.76. The average molecular weight is 327 g/mol. The molecular weight excluding hydrogens is 316 g/mol. The summed E-state index contributed by atoms with van der Waals surface area (Å²) in [7, 11) is 0. The van der Waals surface area contributed by atoms with Crippen molar-refractivity contribution in [3.8, 4) is 0 Å². The maximum Gasteiger partial charge on any atom is 0.288 e. The molecule has 1 aliphatic rings. The van der Waals surface area contributed by atoms with Gasteiger partial charge in [-0.15, -0.1) is 10.2 Å². The number of aromatic nitrogens is 2. The Bertz CT molecular complexity index is 641.